The molecule has 0 unspecified atom stereocenters. The van der Waals surface area contributed by atoms with Crippen LogP contribution in [0.2, 0.25) is 5.02 Å². The number of aromatic nitrogens is 2. The van der Waals surface area contributed by atoms with Crippen LogP contribution in [0, 0.1) is 18.3 Å². The van der Waals surface area contributed by atoms with Crippen molar-refractivity contribution in [3.8, 4) is 17.3 Å². The van der Waals surface area contributed by atoms with Crippen LogP contribution in [-0.2, 0) is 4.79 Å². The number of anilines is 1. The first kappa shape index (κ1) is 18.9. The minimum Gasteiger partial charge on any atom is -0.324 e. The molecule has 5 nitrogen and oxygen atoms in total. The number of thioether (sulfide) groups is 1. The van der Waals surface area contributed by atoms with Crippen LogP contribution >= 0.6 is 23.4 Å². The Kier molecular flexibility index (Phi) is 6.07. The molecule has 7 heteroatoms. The van der Waals surface area contributed by atoms with Gasteiger partial charge in [0.05, 0.1) is 22.7 Å². The fraction of sp³-hybridized carbons (Fsp3) is 0.100. The maximum absolute atomic E-state index is 12.3. The molecule has 1 aromatic heterocycles. The molecule has 3 aromatic rings. The van der Waals surface area contributed by atoms with Crippen LogP contribution < -0.4 is 5.32 Å². The largest absolute Gasteiger partial charge is 0.324 e. The molecule has 0 aliphatic heterocycles. The lowest BCUT2D eigenvalue weighted by molar-refractivity contribution is -0.113. The van der Waals surface area contributed by atoms with Crippen LogP contribution in [0.3, 0.4) is 0 Å². The molecule has 0 saturated heterocycles. The van der Waals surface area contributed by atoms with Gasteiger partial charge in [0.1, 0.15) is 6.07 Å². The molecule has 0 radical (unpaired) electrons. The summed E-state index contributed by atoms with van der Waals surface area (Å²) < 4.78 is 0. The van der Waals surface area contributed by atoms with Crippen LogP contribution in [-0.4, -0.2) is 21.6 Å². The van der Waals surface area contributed by atoms with Gasteiger partial charge in [-0.2, -0.15) is 5.26 Å². The summed E-state index contributed by atoms with van der Waals surface area (Å²) in [6, 6.07) is 18.5. The summed E-state index contributed by atoms with van der Waals surface area (Å²) in [5, 5.41) is 12.8. The third-order valence-electron chi connectivity index (χ3n) is 3.61. The first-order valence-electron chi connectivity index (χ1n) is 8.08. The van der Waals surface area contributed by atoms with Crippen molar-refractivity contribution >= 4 is 35.0 Å². The van der Waals surface area contributed by atoms with E-state index in [0.717, 1.165) is 17.0 Å². The van der Waals surface area contributed by atoms with E-state index in [9.17, 15) is 4.79 Å². The zero-order valence-electron chi connectivity index (χ0n) is 14.4. The number of nitriles is 1. The third-order valence-corrected chi connectivity index (χ3v) is 4.69. The minimum atomic E-state index is -0.259. The molecule has 3 rings (SSSR count). The number of benzene rings is 2. The molecule has 1 amide bonds. The van der Waals surface area contributed by atoms with Gasteiger partial charge in [0.15, 0.2) is 5.16 Å². The molecule has 0 saturated carbocycles. The van der Waals surface area contributed by atoms with Crippen LogP contribution in [0.15, 0.2) is 59.8 Å². The monoisotopic (exact) mass is 394 g/mol. The Bertz CT molecular complexity index is 1020. The van der Waals surface area contributed by atoms with E-state index in [1.807, 2.05) is 49.4 Å². The van der Waals surface area contributed by atoms with Gasteiger partial charge in [-0.3, -0.25) is 4.79 Å². The molecule has 1 heterocycles. The van der Waals surface area contributed by atoms with Gasteiger partial charge in [0.25, 0.3) is 0 Å². The second kappa shape index (κ2) is 8.67. The number of aryl methyl sites for hydroxylation is 1. The highest BCUT2D eigenvalue weighted by Gasteiger charge is 2.11. The normalized spacial score (nSPS) is 10.3. The van der Waals surface area contributed by atoms with Crippen LogP contribution in [0.1, 0.15) is 11.3 Å². The van der Waals surface area contributed by atoms with Gasteiger partial charge in [-0.15, -0.1) is 0 Å². The Morgan fingerprint density at radius 2 is 1.96 bits per heavy atom. The first-order valence-corrected chi connectivity index (χ1v) is 9.45. The standard InChI is InChI=1S/C20H15ClN4OS/c1-13-9-17(14-5-3-2-4-6-14)25-20(23-13)27-12-19(26)24-18-10-16(21)8-7-15(18)11-22/h2-10H,12H2,1H3,(H,24,26). The average Bonchev–Trinajstić information content (AvgIpc) is 2.67. The molecular weight excluding hydrogens is 380 g/mol. The lowest BCUT2D eigenvalue weighted by atomic mass is 10.1. The Morgan fingerprint density at radius 1 is 1.19 bits per heavy atom. The van der Waals surface area contributed by atoms with E-state index in [4.69, 9.17) is 16.9 Å². The van der Waals surface area contributed by atoms with E-state index in [1.54, 1.807) is 18.2 Å². The number of halogens is 1. The lowest BCUT2D eigenvalue weighted by Gasteiger charge is -2.08. The maximum Gasteiger partial charge on any atom is 0.234 e. The van der Waals surface area contributed by atoms with Crippen molar-refractivity contribution in [2.24, 2.45) is 0 Å². The van der Waals surface area contributed by atoms with Gasteiger partial charge in [0.2, 0.25) is 5.91 Å². The van der Waals surface area contributed by atoms with Gasteiger partial charge in [-0.25, -0.2) is 9.97 Å². The van der Waals surface area contributed by atoms with E-state index in [2.05, 4.69) is 15.3 Å². The topological polar surface area (TPSA) is 78.7 Å². The molecule has 2 aromatic carbocycles. The predicted octanol–water partition coefficient (Wildman–Crippen LogP) is 4.71. The Balaban J connectivity index is 1.70. The van der Waals surface area contributed by atoms with Gasteiger partial charge in [-0.05, 0) is 31.2 Å². The molecule has 0 atom stereocenters. The van der Waals surface area contributed by atoms with Crippen molar-refractivity contribution in [1.29, 1.82) is 5.26 Å². The second-order valence-corrected chi connectivity index (χ2v) is 7.06. The van der Waals surface area contributed by atoms with Crippen molar-refractivity contribution in [1.82, 2.24) is 9.97 Å². The molecule has 27 heavy (non-hydrogen) atoms. The second-order valence-electron chi connectivity index (χ2n) is 5.68. The molecule has 134 valence electrons. The molecule has 1 N–H and O–H groups in total. The Labute approximate surface area is 166 Å². The number of carbonyl (C=O) groups is 1. The molecule has 0 aliphatic carbocycles. The predicted molar refractivity (Wildman–Crippen MR) is 108 cm³/mol. The maximum atomic E-state index is 12.3. The number of nitrogens with zero attached hydrogens (tertiary/aromatic N) is 3. The molecule has 0 bridgehead atoms. The van der Waals surface area contributed by atoms with Crippen LogP contribution in [0.5, 0.6) is 0 Å². The SMILES string of the molecule is Cc1cc(-c2ccccc2)nc(SCC(=O)Nc2cc(Cl)ccc2C#N)n1. The van der Waals surface area contributed by atoms with Crippen LogP contribution in [0.25, 0.3) is 11.3 Å². The first-order chi connectivity index (χ1) is 13.0. The summed E-state index contributed by atoms with van der Waals surface area (Å²) in [7, 11) is 0. The Hall–Kier alpha value is -2.88. The molecular formula is C20H15ClN4OS. The zero-order chi connectivity index (χ0) is 19.2. The summed E-state index contributed by atoms with van der Waals surface area (Å²) in [4.78, 5) is 21.2. The fourth-order valence-corrected chi connectivity index (χ4v) is 3.27. The summed E-state index contributed by atoms with van der Waals surface area (Å²) in [6.45, 7) is 1.89. The van der Waals surface area contributed by atoms with Crippen molar-refractivity contribution in [2.75, 3.05) is 11.1 Å². The number of rotatable bonds is 5. The summed E-state index contributed by atoms with van der Waals surface area (Å²) in [5.41, 5.74) is 3.38. The molecule has 0 aliphatic rings. The number of amides is 1. The zero-order valence-corrected chi connectivity index (χ0v) is 16.0. The average molecular weight is 395 g/mol. The van der Waals surface area contributed by atoms with Crippen molar-refractivity contribution in [2.45, 2.75) is 12.1 Å². The van der Waals surface area contributed by atoms with E-state index >= 15 is 0 Å². The highest BCUT2D eigenvalue weighted by atomic mass is 35.5. The highest BCUT2D eigenvalue weighted by Crippen LogP contribution is 2.23. The van der Waals surface area contributed by atoms with Crippen molar-refractivity contribution in [3.63, 3.8) is 0 Å². The summed E-state index contributed by atoms with van der Waals surface area (Å²) >= 11 is 7.18. The van der Waals surface area contributed by atoms with Gasteiger partial charge in [0, 0.05) is 16.3 Å². The number of nitrogens with one attached hydrogen (secondary N) is 1. The lowest BCUT2D eigenvalue weighted by Crippen LogP contribution is -2.15. The number of carbonyl (C=O) groups excluding carboxylic acids is 1. The minimum absolute atomic E-state index is 0.120. The smallest absolute Gasteiger partial charge is 0.234 e. The quantitative estimate of drug-likeness (QED) is 0.501. The van der Waals surface area contributed by atoms with Crippen molar-refractivity contribution in [3.05, 3.63) is 70.9 Å². The van der Waals surface area contributed by atoms with E-state index in [-0.39, 0.29) is 11.7 Å². The fourth-order valence-electron chi connectivity index (χ4n) is 2.40. The van der Waals surface area contributed by atoms with E-state index in [1.165, 1.54) is 11.8 Å². The molecule has 0 fully saturated rings. The van der Waals surface area contributed by atoms with Gasteiger partial charge in [-0.1, -0.05) is 53.7 Å². The number of hydrogen-bond acceptors (Lipinski definition) is 5. The summed E-state index contributed by atoms with van der Waals surface area (Å²) in [6.07, 6.45) is 0. The number of hydrogen-bond donors (Lipinski definition) is 1. The third kappa shape index (κ3) is 5.07. The van der Waals surface area contributed by atoms with E-state index in [0.29, 0.717) is 21.4 Å². The van der Waals surface area contributed by atoms with Gasteiger partial charge < -0.3 is 5.32 Å². The molecule has 0 spiro atoms. The Morgan fingerprint density at radius 3 is 2.70 bits per heavy atom. The van der Waals surface area contributed by atoms with Crippen molar-refractivity contribution < 1.29 is 4.79 Å². The van der Waals surface area contributed by atoms with Crippen LogP contribution in [0.4, 0.5) is 5.69 Å². The summed E-state index contributed by atoms with van der Waals surface area (Å²) in [5.74, 6) is -0.139. The van der Waals surface area contributed by atoms with E-state index < -0.39 is 0 Å². The van der Waals surface area contributed by atoms with Gasteiger partial charge >= 0.3 is 0 Å². The highest BCUT2D eigenvalue weighted by molar-refractivity contribution is 7.99.